The summed E-state index contributed by atoms with van der Waals surface area (Å²) in [4.78, 5) is 10.9. The Kier molecular flexibility index (Phi) is 4.66. The third-order valence-electron chi connectivity index (χ3n) is 3.48. The van der Waals surface area contributed by atoms with Crippen LogP contribution in [0.4, 0.5) is 0 Å². The second-order valence-electron chi connectivity index (χ2n) is 4.82. The Morgan fingerprint density at radius 2 is 1.95 bits per heavy atom. The van der Waals surface area contributed by atoms with Crippen molar-refractivity contribution in [1.82, 2.24) is 0 Å². The molecule has 0 saturated carbocycles. The summed E-state index contributed by atoms with van der Waals surface area (Å²) in [5, 5.41) is 0. The molecule has 0 spiro atoms. The van der Waals surface area contributed by atoms with E-state index in [2.05, 4.69) is 6.08 Å². The standard InChI is InChI=1S/C16H20O4/c1-11(17)20-13-6-4-12(5-7-13)15-9-8-14(18-2)10-16(15)19-3/h4,6,8-10,12-13H,5,7H2,1-3H3/t12-,13-/m1/s1. The zero-order valence-corrected chi connectivity index (χ0v) is 12.1. The smallest absolute Gasteiger partial charge is 0.303 e. The molecule has 0 fully saturated rings. The van der Waals surface area contributed by atoms with Gasteiger partial charge in [0, 0.05) is 24.5 Å². The molecule has 1 aliphatic carbocycles. The summed E-state index contributed by atoms with van der Waals surface area (Å²) in [6.45, 7) is 1.44. The van der Waals surface area contributed by atoms with E-state index in [4.69, 9.17) is 14.2 Å². The van der Waals surface area contributed by atoms with Gasteiger partial charge in [0.1, 0.15) is 17.6 Å². The van der Waals surface area contributed by atoms with Gasteiger partial charge in [-0.15, -0.1) is 0 Å². The lowest BCUT2D eigenvalue weighted by atomic mass is 9.87. The zero-order chi connectivity index (χ0) is 14.5. The fourth-order valence-electron chi connectivity index (χ4n) is 2.49. The van der Waals surface area contributed by atoms with Crippen molar-refractivity contribution in [3.63, 3.8) is 0 Å². The highest BCUT2D eigenvalue weighted by molar-refractivity contribution is 5.66. The average molecular weight is 276 g/mol. The second-order valence-corrected chi connectivity index (χ2v) is 4.82. The predicted octanol–water partition coefficient (Wildman–Crippen LogP) is 3.07. The van der Waals surface area contributed by atoms with Crippen molar-refractivity contribution in [2.24, 2.45) is 0 Å². The van der Waals surface area contributed by atoms with Gasteiger partial charge < -0.3 is 14.2 Å². The molecule has 0 unspecified atom stereocenters. The number of ether oxygens (including phenoxy) is 3. The molecule has 4 nitrogen and oxygen atoms in total. The second kappa shape index (κ2) is 6.46. The number of methoxy groups -OCH3 is 2. The van der Waals surface area contributed by atoms with Crippen LogP contribution in [0.25, 0.3) is 0 Å². The average Bonchev–Trinajstić information content (AvgIpc) is 2.47. The van der Waals surface area contributed by atoms with E-state index in [1.54, 1.807) is 14.2 Å². The molecule has 0 heterocycles. The van der Waals surface area contributed by atoms with Crippen molar-refractivity contribution >= 4 is 5.97 Å². The van der Waals surface area contributed by atoms with E-state index in [0.717, 1.165) is 29.9 Å². The predicted molar refractivity (Wildman–Crippen MR) is 76.2 cm³/mol. The first-order valence-corrected chi connectivity index (χ1v) is 6.71. The van der Waals surface area contributed by atoms with Gasteiger partial charge in [0.15, 0.2) is 0 Å². The van der Waals surface area contributed by atoms with Gasteiger partial charge in [0.05, 0.1) is 14.2 Å². The maximum absolute atomic E-state index is 10.9. The number of esters is 1. The highest BCUT2D eigenvalue weighted by Crippen LogP contribution is 2.36. The molecule has 0 amide bonds. The molecule has 0 bridgehead atoms. The van der Waals surface area contributed by atoms with Gasteiger partial charge in [-0.25, -0.2) is 0 Å². The summed E-state index contributed by atoms with van der Waals surface area (Å²) in [7, 11) is 3.30. The van der Waals surface area contributed by atoms with Crippen molar-refractivity contribution in [2.75, 3.05) is 14.2 Å². The maximum Gasteiger partial charge on any atom is 0.303 e. The van der Waals surface area contributed by atoms with Gasteiger partial charge in [-0.2, -0.15) is 0 Å². The van der Waals surface area contributed by atoms with E-state index in [-0.39, 0.29) is 18.0 Å². The molecule has 1 aromatic carbocycles. The van der Waals surface area contributed by atoms with Gasteiger partial charge in [0.25, 0.3) is 0 Å². The third kappa shape index (κ3) is 3.32. The first kappa shape index (κ1) is 14.4. The summed E-state index contributed by atoms with van der Waals surface area (Å²) in [5.74, 6) is 1.65. The van der Waals surface area contributed by atoms with Crippen LogP contribution in [0.2, 0.25) is 0 Å². The number of carbonyl (C=O) groups is 1. The molecule has 2 rings (SSSR count). The van der Waals surface area contributed by atoms with Crippen LogP contribution in [-0.2, 0) is 9.53 Å². The molecule has 0 radical (unpaired) electrons. The lowest BCUT2D eigenvalue weighted by molar-refractivity contribution is -0.144. The van der Waals surface area contributed by atoms with Crippen LogP contribution in [0, 0.1) is 0 Å². The molecule has 0 N–H and O–H groups in total. The molecule has 108 valence electrons. The molecule has 20 heavy (non-hydrogen) atoms. The number of allylic oxidation sites excluding steroid dienone is 1. The monoisotopic (exact) mass is 276 g/mol. The molecule has 0 aromatic heterocycles. The van der Waals surface area contributed by atoms with Gasteiger partial charge in [0.2, 0.25) is 0 Å². The fraction of sp³-hybridized carbons (Fsp3) is 0.438. The summed E-state index contributed by atoms with van der Waals surface area (Å²) in [6.07, 6.45) is 5.70. The molecule has 1 aromatic rings. The van der Waals surface area contributed by atoms with Crippen LogP contribution in [-0.4, -0.2) is 26.3 Å². The topological polar surface area (TPSA) is 44.8 Å². The van der Waals surface area contributed by atoms with E-state index in [9.17, 15) is 4.79 Å². The largest absolute Gasteiger partial charge is 0.497 e. The van der Waals surface area contributed by atoms with Gasteiger partial charge in [-0.1, -0.05) is 12.1 Å². The number of benzene rings is 1. The van der Waals surface area contributed by atoms with Crippen molar-refractivity contribution in [1.29, 1.82) is 0 Å². The summed E-state index contributed by atoms with van der Waals surface area (Å²) in [5.41, 5.74) is 1.13. The Morgan fingerprint density at radius 1 is 1.15 bits per heavy atom. The van der Waals surface area contributed by atoms with E-state index >= 15 is 0 Å². The van der Waals surface area contributed by atoms with Crippen molar-refractivity contribution in [2.45, 2.75) is 31.8 Å². The number of hydrogen-bond donors (Lipinski definition) is 0. The Bertz CT molecular complexity index is 507. The van der Waals surface area contributed by atoms with Crippen LogP contribution < -0.4 is 9.47 Å². The quantitative estimate of drug-likeness (QED) is 0.626. The minimum Gasteiger partial charge on any atom is -0.497 e. The molecular formula is C16H20O4. The van der Waals surface area contributed by atoms with E-state index in [1.165, 1.54) is 6.92 Å². The van der Waals surface area contributed by atoms with Crippen molar-refractivity contribution < 1.29 is 19.0 Å². The SMILES string of the molecule is COc1ccc([C@@H]2C=C[C@@H](OC(C)=O)CC2)c(OC)c1. The lowest BCUT2D eigenvalue weighted by Crippen LogP contribution is -2.18. The fourth-order valence-corrected chi connectivity index (χ4v) is 2.49. The summed E-state index contributed by atoms with van der Waals surface area (Å²) < 4.78 is 15.8. The van der Waals surface area contributed by atoms with Gasteiger partial charge in [-0.3, -0.25) is 4.79 Å². The van der Waals surface area contributed by atoms with Crippen LogP contribution >= 0.6 is 0 Å². The van der Waals surface area contributed by atoms with Gasteiger partial charge in [-0.05, 0) is 25.0 Å². The maximum atomic E-state index is 10.9. The first-order chi connectivity index (χ1) is 9.63. The minimum absolute atomic E-state index is 0.104. The Labute approximate surface area is 119 Å². The Balaban J connectivity index is 2.15. The van der Waals surface area contributed by atoms with E-state index in [1.807, 2.05) is 24.3 Å². The Hall–Kier alpha value is -1.97. The molecule has 0 saturated heterocycles. The molecule has 1 aliphatic rings. The molecule has 0 aliphatic heterocycles. The van der Waals surface area contributed by atoms with Gasteiger partial charge >= 0.3 is 5.97 Å². The lowest BCUT2D eigenvalue weighted by Gasteiger charge is -2.24. The Morgan fingerprint density at radius 3 is 2.50 bits per heavy atom. The van der Waals surface area contributed by atoms with Crippen LogP contribution in [0.1, 0.15) is 31.2 Å². The zero-order valence-electron chi connectivity index (χ0n) is 12.1. The van der Waals surface area contributed by atoms with E-state index < -0.39 is 0 Å². The van der Waals surface area contributed by atoms with Crippen molar-refractivity contribution in [3.8, 4) is 11.5 Å². The third-order valence-corrected chi connectivity index (χ3v) is 3.48. The number of carbonyl (C=O) groups excluding carboxylic acids is 1. The molecule has 2 atom stereocenters. The van der Waals surface area contributed by atoms with Crippen LogP contribution in [0.3, 0.4) is 0 Å². The summed E-state index contributed by atoms with van der Waals surface area (Å²) >= 11 is 0. The highest BCUT2D eigenvalue weighted by Gasteiger charge is 2.21. The van der Waals surface area contributed by atoms with Crippen molar-refractivity contribution in [3.05, 3.63) is 35.9 Å². The molecule has 4 heteroatoms. The molecular weight excluding hydrogens is 256 g/mol. The number of hydrogen-bond acceptors (Lipinski definition) is 4. The van der Waals surface area contributed by atoms with E-state index in [0.29, 0.717) is 0 Å². The summed E-state index contributed by atoms with van der Waals surface area (Å²) in [6, 6.07) is 5.85. The van der Waals surface area contributed by atoms with Crippen LogP contribution in [0.15, 0.2) is 30.4 Å². The first-order valence-electron chi connectivity index (χ1n) is 6.71. The van der Waals surface area contributed by atoms with Crippen LogP contribution in [0.5, 0.6) is 11.5 Å². The minimum atomic E-state index is -0.236. The number of rotatable bonds is 4. The highest BCUT2D eigenvalue weighted by atomic mass is 16.5. The normalized spacial score (nSPS) is 21.4.